The quantitative estimate of drug-likeness (QED) is 0.666. The van der Waals surface area contributed by atoms with Crippen LogP contribution in [-0.2, 0) is 0 Å². The van der Waals surface area contributed by atoms with Crippen molar-refractivity contribution in [2.45, 2.75) is 25.8 Å². The summed E-state index contributed by atoms with van der Waals surface area (Å²) in [6.07, 6.45) is 11.1. The lowest BCUT2D eigenvalue weighted by molar-refractivity contribution is 0.542. The van der Waals surface area contributed by atoms with Crippen LogP contribution in [0.25, 0.3) is 22.6 Å². The Balaban J connectivity index is 1.46. The van der Waals surface area contributed by atoms with E-state index in [-0.39, 0.29) is 0 Å². The van der Waals surface area contributed by atoms with Crippen molar-refractivity contribution in [1.29, 1.82) is 0 Å². The average molecular weight is 328 g/mol. The summed E-state index contributed by atoms with van der Waals surface area (Å²) in [5, 5.41) is 4.92. The molecule has 1 aliphatic rings. The molecule has 3 aromatic rings. The highest BCUT2D eigenvalue weighted by atomic mass is 14.9. The van der Waals surface area contributed by atoms with Gasteiger partial charge in [0.15, 0.2) is 0 Å². The predicted molar refractivity (Wildman–Crippen MR) is 108 cm³/mol. The number of benzene rings is 2. The Bertz CT molecular complexity index is 916. The molecule has 2 N–H and O–H groups in total. The smallest absolute Gasteiger partial charge is 0.0460 e. The molecule has 0 radical (unpaired) electrons. The van der Waals surface area contributed by atoms with Crippen molar-refractivity contribution in [3.05, 3.63) is 83.6 Å². The van der Waals surface area contributed by atoms with Crippen LogP contribution >= 0.6 is 0 Å². The van der Waals surface area contributed by atoms with E-state index in [4.69, 9.17) is 0 Å². The van der Waals surface area contributed by atoms with E-state index in [0.717, 1.165) is 19.4 Å². The molecule has 2 heteroatoms. The first-order valence-corrected chi connectivity index (χ1v) is 9.02. The molecule has 0 fully saturated rings. The van der Waals surface area contributed by atoms with Crippen molar-refractivity contribution < 1.29 is 0 Å². The van der Waals surface area contributed by atoms with Crippen LogP contribution in [0, 0.1) is 6.92 Å². The number of fused-ring (bicyclic) bond motifs is 1. The first-order chi connectivity index (χ1) is 12.3. The molecule has 2 aromatic carbocycles. The van der Waals surface area contributed by atoms with Crippen LogP contribution in [-0.4, -0.2) is 17.6 Å². The van der Waals surface area contributed by atoms with Gasteiger partial charge in [-0.3, -0.25) is 0 Å². The van der Waals surface area contributed by atoms with Crippen molar-refractivity contribution in [3.63, 3.8) is 0 Å². The van der Waals surface area contributed by atoms with Crippen LogP contribution in [0.1, 0.15) is 29.5 Å². The lowest BCUT2D eigenvalue weighted by atomic mass is 9.93. The minimum absolute atomic E-state index is 0.502. The monoisotopic (exact) mass is 328 g/mol. The van der Waals surface area contributed by atoms with Gasteiger partial charge >= 0.3 is 0 Å². The molecule has 0 spiro atoms. The van der Waals surface area contributed by atoms with Gasteiger partial charge in [-0.05, 0) is 54.2 Å². The highest BCUT2D eigenvalue weighted by Gasteiger charge is 2.14. The molecule has 0 saturated carbocycles. The van der Waals surface area contributed by atoms with E-state index in [0.29, 0.717) is 6.04 Å². The Hall–Kier alpha value is -2.58. The van der Waals surface area contributed by atoms with Crippen molar-refractivity contribution in [3.8, 4) is 0 Å². The van der Waals surface area contributed by atoms with Gasteiger partial charge < -0.3 is 10.3 Å². The molecule has 0 saturated heterocycles. The van der Waals surface area contributed by atoms with E-state index in [1.807, 2.05) is 6.20 Å². The van der Waals surface area contributed by atoms with Gasteiger partial charge in [0.2, 0.25) is 0 Å². The van der Waals surface area contributed by atoms with E-state index < -0.39 is 0 Å². The molecule has 2 nitrogen and oxygen atoms in total. The van der Waals surface area contributed by atoms with E-state index >= 15 is 0 Å². The average Bonchev–Trinajstić information content (AvgIpc) is 3.13. The molecular weight excluding hydrogens is 304 g/mol. The summed E-state index contributed by atoms with van der Waals surface area (Å²) in [7, 11) is 0. The zero-order valence-electron chi connectivity index (χ0n) is 14.6. The first-order valence-electron chi connectivity index (χ1n) is 9.02. The molecule has 1 aromatic heterocycles. The summed E-state index contributed by atoms with van der Waals surface area (Å²) in [6.45, 7) is 3.14. The van der Waals surface area contributed by atoms with Crippen molar-refractivity contribution in [2.75, 3.05) is 6.54 Å². The number of aromatic nitrogens is 1. The zero-order chi connectivity index (χ0) is 17.1. The lowest BCUT2D eigenvalue weighted by Crippen LogP contribution is -2.32. The number of aryl methyl sites for hydroxylation is 1. The maximum atomic E-state index is 3.62. The van der Waals surface area contributed by atoms with Gasteiger partial charge in [-0.15, -0.1) is 0 Å². The van der Waals surface area contributed by atoms with Gasteiger partial charge in [-0.1, -0.05) is 54.6 Å². The van der Waals surface area contributed by atoms with Gasteiger partial charge in [0.1, 0.15) is 0 Å². The molecule has 0 aliphatic carbocycles. The normalized spacial score (nSPS) is 18.0. The molecule has 0 bridgehead atoms. The summed E-state index contributed by atoms with van der Waals surface area (Å²) < 4.78 is 0. The highest BCUT2D eigenvalue weighted by molar-refractivity contribution is 5.89. The first kappa shape index (κ1) is 15.9. The second-order valence-electron chi connectivity index (χ2n) is 6.78. The molecule has 2 heterocycles. The van der Waals surface area contributed by atoms with Gasteiger partial charge in [0.05, 0.1) is 0 Å². The van der Waals surface area contributed by atoms with Crippen LogP contribution in [0.4, 0.5) is 0 Å². The fraction of sp³-hybridized carbons (Fsp3) is 0.217. The van der Waals surface area contributed by atoms with Gasteiger partial charge in [-0.2, -0.15) is 0 Å². The van der Waals surface area contributed by atoms with Crippen molar-refractivity contribution in [1.82, 2.24) is 10.3 Å². The molecule has 0 amide bonds. The molecule has 1 unspecified atom stereocenters. The van der Waals surface area contributed by atoms with Crippen LogP contribution in [0.5, 0.6) is 0 Å². The standard InChI is InChI=1S/C23H24N2/c1-17-10-11-23-22(13-15-25-23)21(17)9-5-8-20-16-19(12-14-24-20)18-6-3-2-4-7-18/h2-7,9-13,15,20,24-25H,8,14,16H2,1H3/b9-5+. The fourth-order valence-electron chi connectivity index (χ4n) is 3.66. The Labute approximate surface area is 149 Å². The lowest BCUT2D eigenvalue weighted by Gasteiger charge is -2.23. The number of nitrogens with one attached hydrogen (secondary N) is 2. The maximum Gasteiger partial charge on any atom is 0.0460 e. The van der Waals surface area contributed by atoms with Crippen LogP contribution in [0.3, 0.4) is 0 Å². The Morgan fingerprint density at radius 3 is 2.84 bits per heavy atom. The number of hydrogen-bond donors (Lipinski definition) is 2. The molecule has 25 heavy (non-hydrogen) atoms. The second kappa shape index (κ2) is 7.12. The SMILES string of the molecule is Cc1ccc2[nH]ccc2c1/C=C/CC1CC(c2ccccc2)=CCN1. The van der Waals surface area contributed by atoms with Gasteiger partial charge in [0, 0.05) is 29.7 Å². The van der Waals surface area contributed by atoms with Crippen molar-refractivity contribution in [2.24, 2.45) is 0 Å². The minimum Gasteiger partial charge on any atom is -0.361 e. The Morgan fingerprint density at radius 1 is 1.08 bits per heavy atom. The number of aromatic amines is 1. The minimum atomic E-state index is 0.502. The zero-order valence-corrected chi connectivity index (χ0v) is 14.6. The van der Waals surface area contributed by atoms with E-state index in [9.17, 15) is 0 Å². The summed E-state index contributed by atoms with van der Waals surface area (Å²) in [4.78, 5) is 3.30. The van der Waals surface area contributed by atoms with E-state index in [1.165, 1.54) is 33.2 Å². The predicted octanol–water partition coefficient (Wildman–Crippen LogP) is 5.33. The maximum absolute atomic E-state index is 3.62. The fourth-order valence-corrected chi connectivity index (χ4v) is 3.66. The molecule has 126 valence electrons. The third-order valence-corrected chi connectivity index (χ3v) is 5.07. The largest absolute Gasteiger partial charge is 0.361 e. The third kappa shape index (κ3) is 3.45. The molecule has 1 aliphatic heterocycles. The molecular formula is C23H24N2. The summed E-state index contributed by atoms with van der Waals surface area (Å²) in [5.41, 5.74) is 6.67. The third-order valence-electron chi connectivity index (χ3n) is 5.07. The Morgan fingerprint density at radius 2 is 1.96 bits per heavy atom. The van der Waals surface area contributed by atoms with Crippen LogP contribution in [0.2, 0.25) is 0 Å². The summed E-state index contributed by atoms with van der Waals surface area (Å²) in [5.74, 6) is 0. The van der Waals surface area contributed by atoms with Crippen LogP contribution < -0.4 is 5.32 Å². The topological polar surface area (TPSA) is 27.8 Å². The number of rotatable bonds is 4. The van der Waals surface area contributed by atoms with Crippen molar-refractivity contribution >= 4 is 22.6 Å². The van der Waals surface area contributed by atoms with E-state index in [2.05, 4.69) is 84.0 Å². The second-order valence-corrected chi connectivity index (χ2v) is 6.78. The number of H-pyrrole nitrogens is 1. The highest BCUT2D eigenvalue weighted by Crippen LogP contribution is 2.25. The van der Waals surface area contributed by atoms with Crippen LogP contribution in [0.15, 0.2) is 66.9 Å². The number of hydrogen-bond acceptors (Lipinski definition) is 1. The van der Waals surface area contributed by atoms with E-state index in [1.54, 1.807) is 0 Å². The van der Waals surface area contributed by atoms with Gasteiger partial charge in [0.25, 0.3) is 0 Å². The summed E-state index contributed by atoms with van der Waals surface area (Å²) in [6, 6.07) is 17.7. The molecule has 4 rings (SSSR count). The Kier molecular flexibility index (Phi) is 4.53. The summed E-state index contributed by atoms with van der Waals surface area (Å²) >= 11 is 0. The van der Waals surface area contributed by atoms with Gasteiger partial charge in [-0.25, -0.2) is 0 Å². The molecule has 1 atom stereocenters.